The Kier molecular flexibility index (Phi) is 6.92. The van der Waals surface area contributed by atoms with Gasteiger partial charge in [-0.15, -0.1) is 0 Å². The van der Waals surface area contributed by atoms with E-state index in [-0.39, 0.29) is 24.6 Å². The molecular formula is C27H24F2N2O3. The summed E-state index contributed by atoms with van der Waals surface area (Å²) in [5, 5.41) is 0. The number of ether oxygens (including phenoxy) is 2. The van der Waals surface area contributed by atoms with Crippen molar-refractivity contribution in [3.05, 3.63) is 114 Å². The molecule has 174 valence electrons. The first-order valence-electron chi connectivity index (χ1n) is 10.7. The number of methoxy groups -OCH3 is 2. The van der Waals surface area contributed by atoms with Gasteiger partial charge in [-0.2, -0.15) is 0 Å². The predicted octanol–water partition coefficient (Wildman–Crippen LogP) is 5.62. The number of aromatic nitrogens is 1. The minimum Gasteiger partial charge on any atom is -0.497 e. The Morgan fingerprint density at radius 1 is 0.853 bits per heavy atom. The quantitative estimate of drug-likeness (QED) is 0.342. The molecule has 1 amide bonds. The molecule has 0 fully saturated rings. The molecule has 0 bridgehead atoms. The minimum absolute atomic E-state index is 0.0827. The van der Waals surface area contributed by atoms with Gasteiger partial charge >= 0.3 is 0 Å². The number of para-hydroxylation sites is 1. The molecule has 0 unspecified atom stereocenters. The highest BCUT2D eigenvalue weighted by molar-refractivity contribution is 5.97. The lowest BCUT2D eigenvalue weighted by Gasteiger charge is -2.25. The van der Waals surface area contributed by atoms with Crippen LogP contribution in [0.2, 0.25) is 0 Å². The summed E-state index contributed by atoms with van der Waals surface area (Å²) in [6.45, 7) is -0.0143. The Morgan fingerprint density at radius 2 is 1.59 bits per heavy atom. The smallest absolute Gasteiger partial charge is 0.256 e. The van der Waals surface area contributed by atoms with Gasteiger partial charge in [0.1, 0.15) is 11.5 Å². The monoisotopic (exact) mass is 462 g/mol. The summed E-state index contributed by atoms with van der Waals surface area (Å²) in [5.74, 6) is -1.13. The van der Waals surface area contributed by atoms with Crippen LogP contribution in [0.4, 0.5) is 8.78 Å². The summed E-state index contributed by atoms with van der Waals surface area (Å²) >= 11 is 0. The van der Waals surface area contributed by atoms with Crippen LogP contribution in [0.3, 0.4) is 0 Å². The molecule has 0 saturated carbocycles. The Hall–Kier alpha value is -4.13. The number of hydrogen-bond donors (Lipinski definition) is 0. The van der Waals surface area contributed by atoms with E-state index in [0.29, 0.717) is 28.3 Å². The van der Waals surface area contributed by atoms with Crippen molar-refractivity contribution in [2.75, 3.05) is 14.2 Å². The standard InChI is InChI=1S/C27H24F2N2O3/c1-33-21-13-12-19(25(16-21)34-2)17-31(18-20-8-7-10-23(28)26(20)29)27(32)22-9-3-4-11-24(22)30-14-5-6-15-30/h3-16H,17-18H2,1-2H3. The van der Waals surface area contributed by atoms with Crippen molar-refractivity contribution in [3.63, 3.8) is 0 Å². The SMILES string of the molecule is COc1ccc(CN(Cc2cccc(F)c2F)C(=O)c2ccccc2-n2cccc2)c(OC)c1. The zero-order valence-corrected chi connectivity index (χ0v) is 18.9. The lowest BCUT2D eigenvalue weighted by Crippen LogP contribution is -2.31. The van der Waals surface area contributed by atoms with Gasteiger partial charge in [-0.3, -0.25) is 4.79 Å². The normalized spacial score (nSPS) is 10.7. The molecule has 0 N–H and O–H groups in total. The highest BCUT2D eigenvalue weighted by Crippen LogP contribution is 2.28. The van der Waals surface area contributed by atoms with Crippen molar-refractivity contribution in [2.24, 2.45) is 0 Å². The molecule has 7 heteroatoms. The third kappa shape index (κ3) is 4.78. The molecule has 1 heterocycles. The van der Waals surface area contributed by atoms with Gasteiger partial charge in [-0.1, -0.05) is 24.3 Å². The molecule has 0 aliphatic carbocycles. The van der Waals surface area contributed by atoms with Gasteiger partial charge < -0.3 is 18.9 Å². The summed E-state index contributed by atoms with van der Waals surface area (Å²) in [7, 11) is 3.08. The fourth-order valence-corrected chi connectivity index (χ4v) is 3.81. The predicted molar refractivity (Wildman–Crippen MR) is 125 cm³/mol. The van der Waals surface area contributed by atoms with Crippen LogP contribution in [-0.4, -0.2) is 29.6 Å². The molecule has 4 rings (SSSR count). The maximum absolute atomic E-state index is 14.6. The van der Waals surface area contributed by atoms with Crippen molar-refractivity contribution < 1.29 is 23.0 Å². The number of nitrogens with zero attached hydrogens (tertiary/aromatic N) is 2. The number of halogens is 2. The molecule has 0 aliphatic heterocycles. The van der Waals surface area contributed by atoms with Crippen molar-refractivity contribution >= 4 is 5.91 Å². The maximum Gasteiger partial charge on any atom is 0.256 e. The van der Waals surface area contributed by atoms with E-state index in [1.54, 1.807) is 37.4 Å². The average molecular weight is 462 g/mol. The van der Waals surface area contributed by atoms with Gasteiger partial charge in [0.25, 0.3) is 5.91 Å². The Balaban J connectivity index is 1.76. The molecule has 0 atom stereocenters. The Morgan fingerprint density at radius 3 is 2.32 bits per heavy atom. The largest absolute Gasteiger partial charge is 0.497 e. The second kappa shape index (κ2) is 10.2. The van der Waals surface area contributed by atoms with E-state index in [1.807, 2.05) is 41.2 Å². The van der Waals surface area contributed by atoms with E-state index in [4.69, 9.17) is 9.47 Å². The average Bonchev–Trinajstić information content (AvgIpc) is 3.41. The van der Waals surface area contributed by atoms with Crippen LogP contribution in [0, 0.1) is 11.6 Å². The summed E-state index contributed by atoms with van der Waals surface area (Å²) in [5.41, 5.74) is 1.90. The van der Waals surface area contributed by atoms with E-state index in [1.165, 1.54) is 24.1 Å². The number of benzene rings is 3. The highest BCUT2D eigenvalue weighted by atomic mass is 19.2. The topological polar surface area (TPSA) is 43.7 Å². The van der Waals surface area contributed by atoms with Crippen molar-refractivity contribution in [1.82, 2.24) is 9.47 Å². The van der Waals surface area contributed by atoms with Crippen molar-refractivity contribution in [2.45, 2.75) is 13.1 Å². The van der Waals surface area contributed by atoms with Crippen LogP contribution < -0.4 is 9.47 Å². The zero-order chi connectivity index (χ0) is 24.1. The zero-order valence-electron chi connectivity index (χ0n) is 18.9. The van der Waals surface area contributed by atoms with Crippen molar-refractivity contribution in [1.29, 1.82) is 0 Å². The van der Waals surface area contributed by atoms with Crippen LogP contribution in [0.15, 0.2) is 85.2 Å². The molecule has 34 heavy (non-hydrogen) atoms. The number of carbonyl (C=O) groups is 1. The Bertz CT molecular complexity index is 1290. The summed E-state index contributed by atoms with van der Waals surface area (Å²) in [6, 6.07) is 20.1. The number of hydrogen-bond acceptors (Lipinski definition) is 3. The minimum atomic E-state index is -0.972. The fourth-order valence-electron chi connectivity index (χ4n) is 3.81. The van der Waals surface area contributed by atoms with Gasteiger partial charge in [0, 0.05) is 42.7 Å². The van der Waals surface area contributed by atoms with Crippen LogP contribution in [0.1, 0.15) is 21.5 Å². The van der Waals surface area contributed by atoms with Crippen molar-refractivity contribution in [3.8, 4) is 17.2 Å². The molecule has 4 aromatic rings. The summed E-state index contributed by atoms with van der Waals surface area (Å²) in [6.07, 6.45) is 3.68. The van der Waals surface area contributed by atoms with Gasteiger partial charge in [0.05, 0.1) is 25.5 Å². The fraction of sp³-hybridized carbons (Fsp3) is 0.148. The van der Waals surface area contributed by atoms with Gasteiger partial charge in [0.15, 0.2) is 11.6 Å². The van der Waals surface area contributed by atoms with Crippen LogP contribution in [0.5, 0.6) is 11.5 Å². The third-order valence-corrected chi connectivity index (χ3v) is 5.55. The molecule has 1 aromatic heterocycles. The molecule has 0 saturated heterocycles. The molecule has 0 spiro atoms. The van der Waals surface area contributed by atoms with Gasteiger partial charge in [-0.05, 0) is 42.5 Å². The van der Waals surface area contributed by atoms with E-state index in [2.05, 4.69) is 0 Å². The van der Waals surface area contributed by atoms with E-state index >= 15 is 0 Å². The van der Waals surface area contributed by atoms with E-state index in [9.17, 15) is 13.6 Å². The summed E-state index contributed by atoms with van der Waals surface area (Å²) in [4.78, 5) is 15.3. The number of amides is 1. The number of rotatable bonds is 8. The lowest BCUT2D eigenvalue weighted by atomic mass is 10.1. The molecule has 0 aliphatic rings. The van der Waals surface area contributed by atoms with Crippen LogP contribution in [0.25, 0.3) is 5.69 Å². The highest BCUT2D eigenvalue weighted by Gasteiger charge is 2.23. The first kappa shape index (κ1) is 23.0. The molecule has 5 nitrogen and oxygen atoms in total. The van der Waals surface area contributed by atoms with Crippen LogP contribution in [-0.2, 0) is 13.1 Å². The molecule has 0 radical (unpaired) electrons. The molecule has 3 aromatic carbocycles. The Labute approximate surface area is 196 Å². The van der Waals surface area contributed by atoms with E-state index < -0.39 is 11.6 Å². The first-order valence-corrected chi connectivity index (χ1v) is 10.7. The second-order valence-corrected chi connectivity index (χ2v) is 7.66. The van der Waals surface area contributed by atoms with Gasteiger partial charge in [-0.25, -0.2) is 8.78 Å². The maximum atomic E-state index is 14.6. The summed E-state index contributed by atoms with van der Waals surface area (Å²) < 4.78 is 41.1. The molecular weight excluding hydrogens is 438 g/mol. The van der Waals surface area contributed by atoms with E-state index in [0.717, 1.165) is 6.07 Å². The first-order chi connectivity index (χ1) is 16.5. The number of carbonyl (C=O) groups excluding carboxylic acids is 1. The van der Waals surface area contributed by atoms with Gasteiger partial charge in [0.2, 0.25) is 0 Å². The lowest BCUT2D eigenvalue weighted by molar-refractivity contribution is 0.0726. The third-order valence-electron chi connectivity index (χ3n) is 5.55. The second-order valence-electron chi connectivity index (χ2n) is 7.66. The van der Waals surface area contributed by atoms with Crippen LogP contribution >= 0.6 is 0 Å².